The molecule has 5 rings (SSSR count). The van der Waals surface area contributed by atoms with Gasteiger partial charge < -0.3 is 19.5 Å². The number of pyridine rings is 1. The Bertz CT molecular complexity index is 1190. The van der Waals surface area contributed by atoms with Gasteiger partial charge in [0.1, 0.15) is 11.6 Å². The minimum atomic E-state index is 0.310. The molecule has 0 spiro atoms. The number of rotatable bonds is 6. The van der Waals surface area contributed by atoms with Crippen molar-refractivity contribution >= 4 is 28.5 Å². The summed E-state index contributed by atoms with van der Waals surface area (Å²) in [6, 6.07) is 6.23. The van der Waals surface area contributed by atoms with Crippen LogP contribution in [0.5, 0.6) is 0 Å². The van der Waals surface area contributed by atoms with Crippen LogP contribution in [-0.2, 0) is 4.74 Å². The first-order valence-corrected chi connectivity index (χ1v) is 11.0. The van der Waals surface area contributed by atoms with Gasteiger partial charge in [0.05, 0.1) is 17.3 Å². The molecule has 166 valence electrons. The van der Waals surface area contributed by atoms with Crippen molar-refractivity contribution < 1.29 is 4.74 Å². The minimum Gasteiger partial charge on any atom is -0.381 e. The highest BCUT2D eigenvalue weighted by Crippen LogP contribution is 2.32. The summed E-state index contributed by atoms with van der Waals surface area (Å²) in [4.78, 5) is 16.1. The second kappa shape index (κ2) is 8.58. The smallest absolute Gasteiger partial charge is 0.227 e. The zero-order valence-electron chi connectivity index (χ0n) is 18.6. The maximum absolute atomic E-state index is 5.47. The number of methoxy groups -OCH3 is 1. The SMILES string of the molecule is COC1CCN(c2nccc(Nc3cc4c(cn3)c(-c3ccn[nH]3)cn4C(C)C)n2)CC1. The number of fused-ring (bicyclic) bond motifs is 1. The molecule has 1 aliphatic heterocycles. The van der Waals surface area contributed by atoms with Gasteiger partial charge >= 0.3 is 0 Å². The van der Waals surface area contributed by atoms with E-state index in [9.17, 15) is 0 Å². The number of ether oxygens (including phenoxy) is 1. The molecule has 9 heteroatoms. The number of nitrogens with zero attached hydrogens (tertiary/aromatic N) is 6. The number of piperidine rings is 1. The minimum absolute atomic E-state index is 0.310. The second-order valence-electron chi connectivity index (χ2n) is 8.39. The zero-order valence-corrected chi connectivity index (χ0v) is 18.6. The van der Waals surface area contributed by atoms with Crippen LogP contribution in [0.2, 0.25) is 0 Å². The molecule has 0 aromatic carbocycles. The number of anilines is 3. The summed E-state index contributed by atoms with van der Waals surface area (Å²) >= 11 is 0. The van der Waals surface area contributed by atoms with E-state index in [-0.39, 0.29) is 0 Å². The van der Waals surface area contributed by atoms with Crippen LogP contribution in [0.25, 0.3) is 22.2 Å². The largest absolute Gasteiger partial charge is 0.381 e. The van der Waals surface area contributed by atoms with Crippen LogP contribution in [0.4, 0.5) is 17.6 Å². The number of aromatic nitrogens is 6. The Morgan fingerprint density at radius 2 is 1.97 bits per heavy atom. The van der Waals surface area contributed by atoms with E-state index in [0.717, 1.165) is 65.7 Å². The van der Waals surface area contributed by atoms with Crippen molar-refractivity contribution in [3.63, 3.8) is 0 Å². The third-order valence-corrected chi connectivity index (χ3v) is 6.02. The molecule has 0 bridgehead atoms. The number of H-pyrrole nitrogens is 1. The molecule has 1 saturated heterocycles. The normalized spacial score (nSPS) is 15.1. The van der Waals surface area contributed by atoms with E-state index in [0.29, 0.717) is 12.1 Å². The van der Waals surface area contributed by atoms with E-state index in [2.05, 4.69) is 61.1 Å². The van der Waals surface area contributed by atoms with Crippen LogP contribution in [-0.4, -0.2) is 56.0 Å². The molecule has 0 aliphatic carbocycles. The van der Waals surface area contributed by atoms with E-state index in [1.165, 1.54) is 0 Å². The van der Waals surface area contributed by atoms with Gasteiger partial charge in [0.2, 0.25) is 5.95 Å². The number of aromatic amines is 1. The summed E-state index contributed by atoms with van der Waals surface area (Å²) in [5, 5.41) is 11.6. The van der Waals surface area contributed by atoms with E-state index in [1.807, 2.05) is 18.3 Å². The van der Waals surface area contributed by atoms with Crippen molar-refractivity contribution in [2.24, 2.45) is 0 Å². The third-order valence-electron chi connectivity index (χ3n) is 6.02. The van der Waals surface area contributed by atoms with Gasteiger partial charge in [0.15, 0.2) is 0 Å². The van der Waals surface area contributed by atoms with Gasteiger partial charge in [-0.15, -0.1) is 0 Å². The second-order valence-corrected chi connectivity index (χ2v) is 8.39. The summed E-state index contributed by atoms with van der Waals surface area (Å²) in [6.07, 6.45) is 9.92. The molecule has 4 aromatic rings. The Labute approximate surface area is 186 Å². The van der Waals surface area contributed by atoms with E-state index >= 15 is 0 Å². The quantitative estimate of drug-likeness (QED) is 0.472. The lowest BCUT2D eigenvalue weighted by molar-refractivity contribution is 0.0816. The van der Waals surface area contributed by atoms with Gasteiger partial charge in [-0.25, -0.2) is 9.97 Å². The Hall–Kier alpha value is -3.46. The Morgan fingerprint density at radius 1 is 1.12 bits per heavy atom. The van der Waals surface area contributed by atoms with E-state index in [1.54, 1.807) is 19.5 Å². The maximum Gasteiger partial charge on any atom is 0.227 e. The fourth-order valence-electron chi connectivity index (χ4n) is 4.25. The molecule has 32 heavy (non-hydrogen) atoms. The molecule has 1 fully saturated rings. The van der Waals surface area contributed by atoms with Gasteiger partial charge in [0.25, 0.3) is 0 Å². The highest BCUT2D eigenvalue weighted by Gasteiger charge is 2.21. The van der Waals surface area contributed by atoms with Crippen LogP contribution in [0.1, 0.15) is 32.7 Å². The van der Waals surface area contributed by atoms with E-state index in [4.69, 9.17) is 9.72 Å². The highest BCUT2D eigenvalue weighted by molar-refractivity contribution is 5.96. The molecule has 4 aromatic heterocycles. The van der Waals surface area contributed by atoms with Crippen LogP contribution in [0.3, 0.4) is 0 Å². The molecule has 0 atom stereocenters. The number of hydrogen-bond donors (Lipinski definition) is 2. The average Bonchev–Trinajstić information content (AvgIpc) is 3.47. The van der Waals surface area contributed by atoms with Crippen molar-refractivity contribution in [2.75, 3.05) is 30.4 Å². The van der Waals surface area contributed by atoms with Crippen LogP contribution < -0.4 is 10.2 Å². The van der Waals surface area contributed by atoms with Crippen molar-refractivity contribution in [1.82, 2.24) is 29.7 Å². The van der Waals surface area contributed by atoms with Gasteiger partial charge in [-0.1, -0.05) is 0 Å². The summed E-state index contributed by atoms with van der Waals surface area (Å²) in [5.74, 6) is 2.21. The van der Waals surface area contributed by atoms with Crippen molar-refractivity contribution in [3.05, 3.63) is 43.0 Å². The fourth-order valence-corrected chi connectivity index (χ4v) is 4.25. The van der Waals surface area contributed by atoms with Crippen molar-refractivity contribution in [2.45, 2.75) is 38.8 Å². The lowest BCUT2D eigenvalue weighted by Crippen LogP contribution is -2.37. The fraction of sp³-hybridized carbons (Fsp3) is 0.391. The maximum atomic E-state index is 5.47. The lowest BCUT2D eigenvalue weighted by atomic mass is 10.1. The third kappa shape index (κ3) is 3.91. The predicted molar refractivity (Wildman–Crippen MR) is 125 cm³/mol. The molecule has 1 aliphatic rings. The summed E-state index contributed by atoms with van der Waals surface area (Å²) in [5.41, 5.74) is 3.18. The molecule has 0 unspecified atom stereocenters. The van der Waals surface area contributed by atoms with Gasteiger partial charge in [-0.05, 0) is 38.8 Å². The molecule has 5 heterocycles. The molecule has 0 saturated carbocycles. The standard InChI is InChI=1S/C23H28N8O/c1-15(2)31-14-18(19-4-9-26-29-19)17-13-25-22(12-20(17)31)27-21-5-8-24-23(28-21)30-10-6-16(32-3)7-11-30/h4-5,8-9,12-16H,6-7,10-11H2,1-3H3,(H,26,29)(H,24,25,27,28). The van der Waals surface area contributed by atoms with Crippen molar-refractivity contribution in [3.8, 4) is 11.3 Å². The van der Waals surface area contributed by atoms with Gasteiger partial charge in [0, 0.05) is 68.0 Å². The van der Waals surface area contributed by atoms with Crippen LogP contribution in [0, 0.1) is 0 Å². The molecule has 0 amide bonds. The zero-order chi connectivity index (χ0) is 22.1. The lowest BCUT2D eigenvalue weighted by Gasteiger charge is -2.31. The van der Waals surface area contributed by atoms with Crippen LogP contribution >= 0.6 is 0 Å². The highest BCUT2D eigenvalue weighted by atomic mass is 16.5. The molecule has 0 radical (unpaired) electrons. The summed E-state index contributed by atoms with van der Waals surface area (Å²) in [7, 11) is 1.78. The molecule has 9 nitrogen and oxygen atoms in total. The first-order chi connectivity index (χ1) is 15.6. The van der Waals surface area contributed by atoms with Crippen LogP contribution in [0.15, 0.2) is 43.0 Å². The van der Waals surface area contributed by atoms with Crippen molar-refractivity contribution in [1.29, 1.82) is 0 Å². The number of hydrogen-bond acceptors (Lipinski definition) is 7. The Morgan fingerprint density at radius 3 is 2.69 bits per heavy atom. The topological polar surface area (TPSA) is 96.8 Å². The Balaban J connectivity index is 1.42. The summed E-state index contributed by atoms with van der Waals surface area (Å²) in [6.45, 7) is 6.13. The number of nitrogens with one attached hydrogen (secondary N) is 2. The Kier molecular flexibility index (Phi) is 5.48. The summed E-state index contributed by atoms with van der Waals surface area (Å²) < 4.78 is 7.72. The monoisotopic (exact) mass is 432 g/mol. The first-order valence-electron chi connectivity index (χ1n) is 11.0. The van der Waals surface area contributed by atoms with E-state index < -0.39 is 0 Å². The van der Waals surface area contributed by atoms with Gasteiger partial charge in [-0.3, -0.25) is 5.10 Å². The van der Waals surface area contributed by atoms with Gasteiger partial charge in [-0.2, -0.15) is 10.1 Å². The molecular formula is C23H28N8O. The first kappa shape index (κ1) is 20.4. The predicted octanol–water partition coefficient (Wildman–Crippen LogP) is 4.16. The average molecular weight is 433 g/mol. The molecular weight excluding hydrogens is 404 g/mol. The molecule has 2 N–H and O–H groups in total.